The monoisotopic (exact) mass is 331 g/mol. The average molecular weight is 333 g/mol. The fourth-order valence-electron chi connectivity index (χ4n) is 1.70. The van der Waals surface area contributed by atoms with Crippen LogP contribution in [0.15, 0.2) is 39.6 Å². The van der Waals surface area contributed by atoms with E-state index in [2.05, 4.69) is 0 Å². The molecular weight excluding hydrogens is 323 g/mol. The van der Waals surface area contributed by atoms with Gasteiger partial charge < -0.3 is 4.90 Å². The molecule has 0 unspecified atom stereocenters. The lowest BCUT2D eigenvalue weighted by Gasteiger charge is -2.12. The number of carbonyl (C=O) groups is 2. The maximum Gasteiger partial charge on any atom is 0.282 e. The summed E-state index contributed by atoms with van der Waals surface area (Å²) < 4.78 is 1.45. The van der Waals surface area contributed by atoms with Crippen LogP contribution in [0.2, 0.25) is 0 Å². The average Bonchev–Trinajstić information content (AvgIpc) is 2.44. The Bertz CT molecular complexity index is 661. The predicted molar refractivity (Wildman–Crippen MR) is 78.8 cm³/mol. The molecule has 4 nitrogen and oxygen atoms in total. The second-order valence-corrected chi connectivity index (χ2v) is 5.44. The molecule has 0 spiro atoms. The summed E-state index contributed by atoms with van der Waals surface area (Å²) in [5.41, 5.74) is 0.934. The number of hydrogen-bond acceptors (Lipinski definition) is 3. The van der Waals surface area contributed by atoms with Gasteiger partial charge in [0, 0.05) is 31.9 Å². The first-order valence-corrected chi connectivity index (χ1v) is 6.71. The molecule has 0 atom stereocenters. The summed E-state index contributed by atoms with van der Waals surface area (Å²) in [5, 5.41) is -0.914. The van der Waals surface area contributed by atoms with Crippen molar-refractivity contribution in [3.05, 3.63) is 39.6 Å². The number of Topliss-reactive ketones (excluding diaryl/α,β-unsaturated/α-hetero) is 2. The van der Waals surface area contributed by atoms with E-state index in [1.165, 1.54) is 4.57 Å². The second kappa shape index (κ2) is 5.56. The number of pyridine rings is 1. The molecule has 0 aliphatic heterocycles. The zero-order valence-electron chi connectivity index (χ0n) is 10.7. The first-order valence-electron chi connectivity index (χ1n) is 5.58. The minimum atomic E-state index is -0.655. The number of halogens is 3. The number of rotatable bonds is 2. The normalized spacial score (nSPS) is 16.1. The van der Waals surface area contributed by atoms with Crippen LogP contribution in [0.4, 0.5) is 5.69 Å². The van der Waals surface area contributed by atoms with Crippen molar-refractivity contribution in [2.24, 2.45) is 0 Å². The summed E-state index contributed by atoms with van der Waals surface area (Å²) in [6.45, 7) is 0. The summed E-state index contributed by atoms with van der Waals surface area (Å²) in [7, 11) is 3.78. The van der Waals surface area contributed by atoms with Gasteiger partial charge in [-0.15, -0.1) is 0 Å². The second-order valence-electron chi connectivity index (χ2n) is 4.31. The summed E-state index contributed by atoms with van der Waals surface area (Å²) >= 11 is 17.4. The van der Waals surface area contributed by atoms with Crippen molar-refractivity contribution in [2.75, 3.05) is 19.0 Å². The molecule has 104 valence electrons. The highest BCUT2D eigenvalue weighted by Crippen LogP contribution is 2.31. The van der Waals surface area contributed by atoms with Crippen molar-refractivity contribution in [2.45, 2.75) is 0 Å². The van der Waals surface area contributed by atoms with Crippen LogP contribution in [0.5, 0.6) is 0 Å². The van der Waals surface area contributed by atoms with Crippen LogP contribution in [0.1, 0.15) is 0 Å². The highest BCUT2D eigenvalue weighted by atomic mass is 35.5. The molecule has 0 N–H and O–H groups in total. The highest BCUT2D eigenvalue weighted by Gasteiger charge is 2.38. The molecule has 0 amide bonds. The van der Waals surface area contributed by atoms with Crippen molar-refractivity contribution in [3.63, 3.8) is 0 Å². The molecular formula is C13H10Cl3N2O2+. The first-order chi connectivity index (χ1) is 9.34. The maximum atomic E-state index is 12.1. The van der Waals surface area contributed by atoms with Crippen LogP contribution < -0.4 is 9.47 Å². The van der Waals surface area contributed by atoms with Crippen LogP contribution in [0.3, 0.4) is 0 Å². The molecule has 0 radical (unpaired) electrons. The van der Waals surface area contributed by atoms with E-state index in [9.17, 15) is 9.59 Å². The molecule has 7 heteroatoms. The standard InChI is InChI=1S/C13H10Cl3N2O2/c1-17(2)7-3-5-18(6-4-7)11-10(16)12(19)8(14)9(15)13(11)20/h3-6H,1-2H3/q+1. The van der Waals surface area contributed by atoms with E-state index >= 15 is 0 Å². The van der Waals surface area contributed by atoms with E-state index < -0.39 is 11.6 Å². The van der Waals surface area contributed by atoms with E-state index in [0.29, 0.717) is 0 Å². The summed E-state index contributed by atoms with van der Waals surface area (Å²) in [6, 6.07) is 3.56. The zero-order valence-corrected chi connectivity index (χ0v) is 12.9. The third-order valence-corrected chi connectivity index (χ3v) is 3.97. The van der Waals surface area contributed by atoms with Crippen LogP contribution in [-0.2, 0) is 9.59 Å². The van der Waals surface area contributed by atoms with Gasteiger partial charge in [0.25, 0.3) is 11.5 Å². The Hall–Kier alpha value is -1.36. The van der Waals surface area contributed by atoms with E-state index in [1.807, 2.05) is 19.0 Å². The molecule has 1 aliphatic carbocycles. The van der Waals surface area contributed by atoms with Crippen LogP contribution in [0, 0.1) is 0 Å². The fourth-order valence-corrected chi connectivity index (χ4v) is 2.39. The molecule has 0 aromatic carbocycles. The molecule has 1 aromatic rings. The van der Waals surface area contributed by atoms with Gasteiger partial charge in [-0.2, -0.15) is 4.57 Å². The number of aromatic nitrogens is 1. The minimum absolute atomic E-state index is 0.00336. The minimum Gasteiger partial charge on any atom is -0.377 e. The molecule has 0 saturated carbocycles. The van der Waals surface area contributed by atoms with Crippen molar-refractivity contribution < 1.29 is 14.2 Å². The van der Waals surface area contributed by atoms with Gasteiger partial charge in [0.1, 0.15) is 10.1 Å². The molecule has 1 heterocycles. The third-order valence-electron chi connectivity index (χ3n) is 2.80. The Morgan fingerprint density at radius 2 is 1.40 bits per heavy atom. The molecule has 0 fully saturated rings. The molecule has 0 bridgehead atoms. The zero-order chi connectivity index (χ0) is 15.0. The van der Waals surface area contributed by atoms with Gasteiger partial charge in [0.2, 0.25) is 5.78 Å². The quantitative estimate of drug-likeness (QED) is 0.616. The molecule has 2 rings (SSSR count). The Morgan fingerprint density at radius 3 is 1.90 bits per heavy atom. The van der Waals surface area contributed by atoms with Crippen LogP contribution in [0.25, 0.3) is 5.70 Å². The smallest absolute Gasteiger partial charge is 0.282 e. The van der Waals surface area contributed by atoms with Gasteiger partial charge in [-0.05, 0) is 0 Å². The molecule has 0 saturated heterocycles. The SMILES string of the molecule is CN(C)c1cc[n+](C2=C(Cl)C(=O)C(Cl)=C(Cl)C2=O)cc1. The van der Waals surface area contributed by atoms with Gasteiger partial charge in [0.05, 0.1) is 0 Å². The molecule has 1 aromatic heterocycles. The summed E-state index contributed by atoms with van der Waals surface area (Å²) in [4.78, 5) is 25.8. The number of allylic oxidation sites excluding steroid dienone is 4. The predicted octanol–water partition coefficient (Wildman–Crippen LogP) is 2.29. The van der Waals surface area contributed by atoms with Gasteiger partial charge >= 0.3 is 0 Å². The van der Waals surface area contributed by atoms with E-state index in [1.54, 1.807) is 24.5 Å². The van der Waals surface area contributed by atoms with Gasteiger partial charge in [0.15, 0.2) is 17.4 Å². The van der Waals surface area contributed by atoms with Gasteiger partial charge in [-0.25, -0.2) is 0 Å². The Labute approximate surface area is 130 Å². The molecule has 1 aliphatic rings. The van der Waals surface area contributed by atoms with E-state index in [-0.39, 0.29) is 20.8 Å². The maximum absolute atomic E-state index is 12.1. The number of ketones is 2. The number of anilines is 1. The van der Waals surface area contributed by atoms with Crippen molar-refractivity contribution in [1.82, 2.24) is 0 Å². The van der Waals surface area contributed by atoms with Gasteiger partial charge in [-0.3, -0.25) is 9.59 Å². The first kappa shape index (κ1) is 15.0. The summed E-state index contributed by atoms with van der Waals surface area (Å²) in [5.74, 6) is -1.24. The van der Waals surface area contributed by atoms with E-state index in [4.69, 9.17) is 34.8 Å². The van der Waals surface area contributed by atoms with Crippen molar-refractivity contribution in [1.29, 1.82) is 0 Å². The Balaban J connectivity index is 2.51. The van der Waals surface area contributed by atoms with Gasteiger partial charge in [-0.1, -0.05) is 34.8 Å². The van der Waals surface area contributed by atoms with Crippen LogP contribution >= 0.6 is 34.8 Å². The number of hydrogen-bond donors (Lipinski definition) is 0. The number of carbonyl (C=O) groups excluding carboxylic acids is 2. The highest BCUT2D eigenvalue weighted by molar-refractivity contribution is 6.67. The van der Waals surface area contributed by atoms with E-state index in [0.717, 1.165) is 5.69 Å². The topological polar surface area (TPSA) is 41.3 Å². The van der Waals surface area contributed by atoms with Crippen molar-refractivity contribution >= 4 is 57.8 Å². The lowest BCUT2D eigenvalue weighted by Crippen LogP contribution is -2.39. The fraction of sp³-hybridized carbons (Fsp3) is 0.154. The lowest BCUT2D eigenvalue weighted by atomic mass is 10.1. The molecule has 20 heavy (non-hydrogen) atoms. The summed E-state index contributed by atoms with van der Waals surface area (Å²) in [6.07, 6.45) is 3.25. The third kappa shape index (κ3) is 2.46. The largest absolute Gasteiger partial charge is 0.377 e. The van der Waals surface area contributed by atoms with Crippen molar-refractivity contribution in [3.8, 4) is 0 Å². The Kier molecular flexibility index (Phi) is 4.18. The number of nitrogens with zero attached hydrogens (tertiary/aromatic N) is 2. The van der Waals surface area contributed by atoms with Crippen LogP contribution in [-0.4, -0.2) is 25.7 Å². The Morgan fingerprint density at radius 1 is 0.900 bits per heavy atom. The lowest BCUT2D eigenvalue weighted by molar-refractivity contribution is -0.577.